The van der Waals surface area contributed by atoms with Crippen LogP contribution in [0.1, 0.15) is 56.3 Å². The Bertz CT molecular complexity index is 985. The fraction of sp³-hybridized carbons (Fsp3) is 0.320. The van der Waals surface area contributed by atoms with E-state index >= 15 is 0 Å². The standard InChI is InChI=1S/C25H29N3O3/c1-17(2)16-25(22-8-6-5-7-9-22)14-15-28(24(29)31-25)18(3)20-10-12-21(13-11-20)23(27)30-19(4)26/h5-13,18,26-27H,1,14-16H2,2-4H3/p+1. The summed E-state index contributed by atoms with van der Waals surface area (Å²) in [5.74, 6) is 0.208. The molecule has 2 aromatic carbocycles. The van der Waals surface area contributed by atoms with Crippen LogP contribution in [0.15, 0.2) is 66.7 Å². The summed E-state index contributed by atoms with van der Waals surface area (Å²) in [7, 11) is 0. The number of cyclic esters (lactones) is 1. The van der Waals surface area contributed by atoms with Gasteiger partial charge in [-0.1, -0.05) is 54.6 Å². The zero-order valence-corrected chi connectivity index (χ0v) is 18.4. The summed E-state index contributed by atoms with van der Waals surface area (Å²) in [6.07, 6.45) is 0.943. The number of nitrogens with two attached hydrogens (primary N) is 1. The summed E-state index contributed by atoms with van der Waals surface area (Å²) in [4.78, 5) is 14.8. The van der Waals surface area contributed by atoms with Gasteiger partial charge in [-0.2, -0.15) is 0 Å². The zero-order chi connectivity index (χ0) is 22.6. The minimum Gasteiger partial charge on any atom is -0.437 e. The molecule has 1 heterocycles. The maximum Gasteiger partial charge on any atom is 0.411 e. The first-order valence-electron chi connectivity index (χ1n) is 10.4. The molecule has 0 bridgehead atoms. The number of ether oxygens (including phenoxy) is 2. The van der Waals surface area contributed by atoms with Crippen molar-refractivity contribution in [3.05, 3.63) is 83.4 Å². The molecule has 1 aliphatic heterocycles. The highest BCUT2D eigenvalue weighted by atomic mass is 16.6. The van der Waals surface area contributed by atoms with Gasteiger partial charge in [0.1, 0.15) is 5.60 Å². The van der Waals surface area contributed by atoms with E-state index in [2.05, 4.69) is 6.58 Å². The predicted molar refractivity (Wildman–Crippen MR) is 121 cm³/mol. The van der Waals surface area contributed by atoms with Gasteiger partial charge in [-0.3, -0.25) is 5.41 Å². The van der Waals surface area contributed by atoms with Gasteiger partial charge in [0.05, 0.1) is 13.0 Å². The lowest BCUT2D eigenvalue weighted by Gasteiger charge is -2.43. The van der Waals surface area contributed by atoms with E-state index in [1.807, 2.05) is 56.3 Å². The van der Waals surface area contributed by atoms with Crippen molar-refractivity contribution < 1.29 is 19.7 Å². The third-order valence-corrected chi connectivity index (χ3v) is 5.55. The highest BCUT2D eigenvalue weighted by Gasteiger charge is 2.43. The van der Waals surface area contributed by atoms with Gasteiger partial charge in [0.15, 0.2) is 0 Å². The second kappa shape index (κ2) is 9.16. The molecule has 2 unspecified atom stereocenters. The first-order valence-corrected chi connectivity index (χ1v) is 10.4. The summed E-state index contributed by atoms with van der Waals surface area (Å²) in [5, 5.41) is 13.4. The largest absolute Gasteiger partial charge is 0.437 e. The maximum atomic E-state index is 13.1. The number of hydrogen-bond donors (Lipinski definition) is 2. The van der Waals surface area contributed by atoms with Gasteiger partial charge in [-0.25, -0.2) is 10.2 Å². The Kier molecular flexibility index (Phi) is 6.59. The number of hydrogen-bond acceptors (Lipinski definition) is 4. The molecule has 1 amide bonds. The van der Waals surface area contributed by atoms with Gasteiger partial charge < -0.3 is 14.4 Å². The van der Waals surface area contributed by atoms with Crippen molar-refractivity contribution in [2.24, 2.45) is 0 Å². The molecule has 0 spiro atoms. The quantitative estimate of drug-likeness (QED) is 0.421. The van der Waals surface area contributed by atoms with E-state index < -0.39 is 5.60 Å². The van der Waals surface area contributed by atoms with Crippen molar-refractivity contribution in [3.8, 4) is 0 Å². The van der Waals surface area contributed by atoms with Crippen LogP contribution in [-0.4, -0.2) is 29.3 Å². The molecule has 0 radical (unpaired) electrons. The molecule has 6 heteroatoms. The topological polar surface area (TPSA) is 88.2 Å². The second-order valence-corrected chi connectivity index (χ2v) is 8.15. The zero-order valence-electron chi connectivity index (χ0n) is 18.4. The highest BCUT2D eigenvalue weighted by Crippen LogP contribution is 2.41. The van der Waals surface area contributed by atoms with Crippen LogP contribution in [0.5, 0.6) is 0 Å². The van der Waals surface area contributed by atoms with Crippen molar-refractivity contribution >= 4 is 17.9 Å². The van der Waals surface area contributed by atoms with E-state index in [0.29, 0.717) is 24.9 Å². The van der Waals surface area contributed by atoms with Crippen LogP contribution < -0.4 is 5.41 Å². The summed E-state index contributed by atoms with van der Waals surface area (Å²) in [6, 6.07) is 17.1. The average Bonchev–Trinajstić information content (AvgIpc) is 2.73. The molecule has 2 atom stereocenters. The number of rotatable bonds is 6. The number of carbonyl (C=O) groups excluding carboxylic acids is 1. The molecule has 31 heavy (non-hydrogen) atoms. The molecule has 1 fully saturated rings. The van der Waals surface area contributed by atoms with Gasteiger partial charge in [-0.15, -0.1) is 0 Å². The first-order chi connectivity index (χ1) is 14.7. The van der Waals surface area contributed by atoms with Gasteiger partial charge in [0, 0.05) is 24.9 Å². The minimum absolute atomic E-state index is 0.0102. The molecule has 1 aliphatic rings. The summed E-state index contributed by atoms with van der Waals surface area (Å²) in [6.45, 7) is 10.1. The number of benzene rings is 2. The maximum absolute atomic E-state index is 13.1. The van der Waals surface area contributed by atoms with Gasteiger partial charge in [0.25, 0.3) is 0 Å². The average molecular weight is 421 g/mol. The van der Waals surface area contributed by atoms with Crippen molar-refractivity contribution in [1.82, 2.24) is 4.90 Å². The number of nitrogens with one attached hydrogen (secondary N) is 1. The Morgan fingerprint density at radius 1 is 1.23 bits per heavy atom. The van der Waals surface area contributed by atoms with E-state index in [9.17, 15) is 4.79 Å². The van der Waals surface area contributed by atoms with E-state index in [1.54, 1.807) is 24.0 Å². The smallest absolute Gasteiger partial charge is 0.411 e. The van der Waals surface area contributed by atoms with E-state index in [-0.39, 0.29) is 23.9 Å². The Labute approximate surface area is 183 Å². The summed E-state index contributed by atoms with van der Waals surface area (Å²) < 4.78 is 11.2. The number of nitrogens with zero attached hydrogens (tertiary/aromatic N) is 1. The van der Waals surface area contributed by atoms with Crippen LogP contribution >= 0.6 is 0 Å². The third kappa shape index (κ3) is 5.02. The molecule has 1 saturated heterocycles. The third-order valence-electron chi connectivity index (χ3n) is 5.55. The molecule has 0 saturated carbocycles. The minimum atomic E-state index is -0.687. The van der Waals surface area contributed by atoms with E-state index in [1.165, 1.54) is 0 Å². The Morgan fingerprint density at radius 2 is 1.87 bits per heavy atom. The lowest BCUT2D eigenvalue weighted by molar-refractivity contribution is -0.133. The number of carbonyl (C=O) groups is 1. The number of amides is 1. The normalized spacial score (nSPS) is 19.3. The monoisotopic (exact) mass is 420 g/mol. The van der Waals surface area contributed by atoms with Crippen LogP contribution in [0.2, 0.25) is 0 Å². The molecule has 2 aromatic rings. The highest BCUT2D eigenvalue weighted by molar-refractivity contribution is 5.97. The Balaban J connectivity index is 1.77. The van der Waals surface area contributed by atoms with E-state index in [0.717, 1.165) is 16.7 Å². The van der Waals surface area contributed by atoms with Crippen LogP contribution in [0.25, 0.3) is 0 Å². The molecule has 6 nitrogen and oxygen atoms in total. The fourth-order valence-corrected chi connectivity index (χ4v) is 3.99. The molecule has 0 aliphatic carbocycles. The van der Waals surface area contributed by atoms with Crippen molar-refractivity contribution in [1.29, 1.82) is 5.41 Å². The van der Waals surface area contributed by atoms with Gasteiger partial charge >= 0.3 is 12.0 Å². The van der Waals surface area contributed by atoms with Gasteiger partial charge in [-0.05, 0) is 37.1 Å². The fourth-order valence-electron chi connectivity index (χ4n) is 3.99. The van der Waals surface area contributed by atoms with Crippen LogP contribution in [-0.2, 0) is 15.1 Å². The Hall–Kier alpha value is -3.41. The van der Waals surface area contributed by atoms with Crippen LogP contribution in [0.4, 0.5) is 4.79 Å². The van der Waals surface area contributed by atoms with Crippen molar-refractivity contribution in [3.63, 3.8) is 0 Å². The predicted octanol–water partition coefficient (Wildman–Crippen LogP) is 3.97. The Morgan fingerprint density at radius 3 is 2.42 bits per heavy atom. The van der Waals surface area contributed by atoms with Crippen LogP contribution in [0.3, 0.4) is 0 Å². The van der Waals surface area contributed by atoms with Gasteiger partial charge in [0.2, 0.25) is 5.90 Å². The molecular weight excluding hydrogens is 390 g/mol. The van der Waals surface area contributed by atoms with Crippen molar-refractivity contribution in [2.45, 2.75) is 45.3 Å². The van der Waals surface area contributed by atoms with Crippen molar-refractivity contribution in [2.75, 3.05) is 6.54 Å². The second-order valence-electron chi connectivity index (χ2n) is 8.15. The molecule has 0 aromatic heterocycles. The lowest BCUT2D eigenvalue weighted by Crippen LogP contribution is -2.48. The summed E-state index contributed by atoms with van der Waals surface area (Å²) in [5.41, 5.74) is 2.85. The van der Waals surface area contributed by atoms with E-state index in [4.69, 9.17) is 20.3 Å². The SMILES string of the molecule is C=C(C)CC1(c2ccccc2)CCN(C(C)c2ccc(C(=N)OC(C)=[NH2+])cc2)C(=O)O1. The first kappa shape index (κ1) is 22.3. The molecule has 3 N–H and O–H groups in total. The molecular formula is C25H30N3O3+. The lowest BCUT2D eigenvalue weighted by atomic mass is 9.83. The summed E-state index contributed by atoms with van der Waals surface area (Å²) >= 11 is 0. The molecule has 162 valence electrons. The molecule has 3 rings (SSSR count). The van der Waals surface area contributed by atoms with Crippen LogP contribution in [0, 0.1) is 5.41 Å².